The first-order valence-corrected chi connectivity index (χ1v) is 11.2. The third-order valence-corrected chi connectivity index (χ3v) is 5.83. The largest absolute Gasteiger partial charge is 0.481 e. The zero-order valence-electron chi connectivity index (χ0n) is 20.0. The highest BCUT2D eigenvalue weighted by Gasteiger charge is 2.36. The minimum Gasteiger partial charge on any atom is -0.481 e. The van der Waals surface area contributed by atoms with Crippen LogP contribution in [0.5, 0.6) is 0 Å². The third-order valence-electron chi connectivity index (χ3n) is 5.83. The molecule has 0 aromatic heterocycles. The van der Waals surface area contributed by atoms with Crippen molar-refractivity contribution in [1.82, 2.24) is 25.8 Å². The number of hydrogen-bond donors (Lipinski definition) is 3. The van der Waals surface area contributed by atoms with Crippen molar-refractivity contribution in [2.24, 2.45) is 0 Å². The molecule has 0 saturated carbocycles. The molecule has 4 amide bonds. The second-order valence-corrected chi connectivity index (χ2v) is 8.37. The lowest BCUT2D eigenvalue weighted by Crippen LogP contribution is -2.60. The number of aryl methyl sites for hydroxylation is 1. The van der Waals surface area contributed by atoms with Crippen molar-refractivity contribution in [3.8, 4) is 0 Å². The maximum absolute atomic E-state index is 12.8. The molecule has 1 aromatic carbocycles. The van der Waals surface area contributed by atoms with Gasteiger partial charge in [0.25, 0.3) is 5.91 Å². The van der Waals surface area contributed by atoms with E-state index in [1.807, 2.05) is 19.9 Å². The first-order chi connectivity index (χ1) is 16.6. The number of nitrogens with one attached hydrogen (secondary N) is 2. The van der Waals surface area contributed by atoms with E-state index in [-0.39, 0.29) is 31.8 Å². The SMILES string of the molecule is Cc1cccc(C(=O)NN(C)CCC(=O)N2CCCC(C(=O)NC(C=O)CC(=O)O)N2C=O)c1C. The molecule has 1 heterocycles. The summed E-state index contributed by atoms with van der Waals surface area (Å²) in [5.41, 5.74) is 5.08. The predicted molar refractivity (Wildman–Crippen MR) is 124 cm³/mol. The van der Waals surface area contributed by atoms with E-state index in [1.54, 1.807) is 19.2 Å². The van der Waals surface area contributed by atoms with Crippen LogP contribution in [0.1, 0.15) is 47.2 Å². The van der Waals surface area contributed by atoms with Gasteiger partial charge in [-0.3, -0.25) is 34.4 Å². The molecule has 12 nitrogen and oxygen atoms in total. The minimum atomic E-state index is -1.26. The summed E-state index contributed by atoms with van der Waals surface area (Å²) in [6.45, 7) is 4.13. The Balaban J connectivity index is 1.96. The van der Waals surface area contributed by atoms with Crippen LogP contribution in [0.15, 0.2) is 18.2 Å². The van der Waals surface area contributed by atoms with Gasteiger partial charge < -0.3 is 15.2 Å². The minimum absolute atomic E-state index is 0.0434. The predicted octanol–water partition coefficient (Wildman–Crippen LogP) is -0.207. The highest BCUT2D eigenvalue weighted by molar-refractivity contribution is 5.95. The van der Waals surface area contributed by atoms with E-state index in [0.29, 0.717) is 24.7 Å². The number of rotatable bonds is 11. The molecule has 3 N–H and O–H groups in total. The fourth-order valence-electron chi connectivity index (χ4n) is 3.76. The summed E-state index contributed by atoms with van der Waals surface area (Å²) in [4.78, 5) is 71.7. The molecule has 0 radical (unpaired) electrons. The Kier molecular flexibility index (Phi) is 9.88. The molecule has 35 heavy (non-hydrogen) atoms. The summed E-state index contributed by atoms with van der Waals surface area (Å²) in [6.07, 6.45) is 0.715. The Bertz CT molecular complexity index is 983. The van der Waals surface area contributed by atoms with Crippen molar-refractivity contribution in [3.05, 3.63) is 34.9 Å². The van der Waals surface area contributed by atoms with Crippen LogP contribution in [-0.2, 0) is 24.0 Å². The maximum Gasteiger partial charge on any atom is 0.305 e. The molecular weight excluding hydrogens is 458 g/mol. The lowest BCUT2D eigenvalue weighted by atomic mass is 10.0. The van der Waals surface area contributed by atoms with Crippen molar-refractivity contribution in [2.45, 2.75) is 51.6 Å². The zero-order valence-corrected chi connectivity index (χ0v) is 20.0. The number of hydrazine groups is 2. The summed E-state index contributed by atoms with van der Waals surface area (Å²) >= 11 is 0. The van der Waals surface area contributed by atoms with Crippen LogP contribution in [0.3, 0.4) is 0 Å². The molecule has 1 aliphatic heterocycles. The van der Waals surface area contributed by atoms with E-state index in [4.69, 9.17) is 5.11 Å². The second-order valence-electron chi connectivity index (χ2n) is 8.37. The molecule has 0 bridgehead atoms. The number of benzene rings is 1. The van der Waals surface area contributed by atoms with Crippen LogP contribution in [0, 0.1) is 13.8 Å². The first kappa shape index (κ1) is 27.4. The van der Waals surface area contributed by atoms with Gasteiger partial charge in [0.05, 0.1) is 12.5 Å². The van der Waals surface area contributed by atoms with Gasteiger partial charge in [-0.1, -0.05) is 12.1 Å². The highest BCUT2D eigenvalue weighted by atomic mass is 16.4. The van der Waals surface area contributed by atoms with Gasteiger partial charge in [-0.15, -0.1) is 0 Å². The van der Waals surface area contributed by atoms with Gasteiger partial charge in [0.15, 0.2) is 0 Å². The van der Waals surface area contributed by atoms with E-state index >= 15 is 0 Å². The first-order valence-electron chi connectivity index (χ1n) is 11.2. The van der Waals surface area contributed by atoms with E-state index < -0.39 is 36.3 Å². The van der Waals surface area contributed by atoms with E-state index in [9.17, 15) is 28.8 Å². The molecule has 0 aliphatic carbocycles. The van der Waals surface area contributed by atoms with E-state index in [2.05, 4.69) is 10.7 Å². The summed E-state index contributed by atoms with van der Waals surface area (Å²) in [7, 11) is 1.61. The lowest BCUT2D eigenvalue weighted by molar-refractivity contribution is -0.170. The topological polar surface area (TPSA) is 156 Å². The number of amides is 4. The average molecular weight is 490 g/mol. The molecule has 12 heteroatoms. The van der Waals surface area contributed by atoms with E-state index in [1.165, 1.54) is 5.01 Å². The summed E-state index contributed by atoms with van der Waals surface area (Å²) in [5, 5.41) is 14.8. The van der Waals surface area contributed by atoms with Gasteiger partial charge in [-0.2, -0.15) is 0 Å². The number of carboxylic acid groups (broad SMARTS) is 1. The molecule has 1 aromatic rings. The van der Waals surface area contributed by atoms with Crippen molar-refractivity contribution >= 4 is 36.4 Å². The molecule has 1 saturated heterocycles. The molecule has 1 fully saturated rings. The summed E-state index contributed by atoms with van der Waals surface area (Å²) in [5.74, 6) is -2.72. The van der Waals surface area contributed by atoms with Crippen LogP contribution in [0.25, 0.3) is 0 Å². The summed E-state index contributed by atoms with van der Waals surface area (Å²) < 4.78 is 0. The quantitative estimate of drug-likeness (QED) is 0.285. The van der Waals surface area contributed by atoms with Crippen LogP contribution < -0.4 is 10.7 Å². The maximum atomic E-state index is 12.8. The van der Waals surface area contributed by atoms with Crippen molar-refractivity contribution in [2.75, 3.05) is 20.1 Å². The lowest BCUT2D eigenvalue weighted by Gasteiger charge is -2.41. The molecule has 0 spiro atoms. The average Bonchev–Trinajstić information content (AvgIpc) is 2.82. The standard InChI is InChI=1S/C23H31N5O7/c1-15-6-4-7-18(16(15)2)22(34)25-26(3)11-9-20(31)27-10-5-8-19(28(27)14-30)23(35)24-17(13-29)12-21(32)33/h4,6-7,13-14,17,19H,5,8-12H2,1-3H3,(H,24,35)(H,25,34)(H,32,33). The van der Waals surface area contributed by atoms with Gasteiger partial charge in [-0.25, -0.2) is 10.0 Å². The zero-order chi connectivity index (χ0) is 26.1. The van der Waals surface area contributed by atoms with E-state index in [0.717, 1.165) is 21.1 Å². The van der Waals surface area contributed by atoms with Crippen LogP contribution in [-0.4, -0.2) is 88.7 Å². The van der Waals surface area contributed by atoms with Crippen LogP contribution in [0.4, 0.5) is 0 Å². The third kappa shape index (κ3) is 7.34. The number of carbonyl (C=O) groups is 6. The molecule has 190 valence electrons. The van der Waals surface area contributed by atoms with Gasteiger partial charge >= 0.3 is 5.97 Å². The van der Waals surface area contributed by atoms with Crippen molar-refractivity contribution in [3.63, 3.8) is 0 Å². The molecule has 2 atom stereocenters. The number of hydrogen-bond acceptors (Lipinski definition) is 7. The van der Waals surface area contributed by atoms with Gasteiger partial charge in [-0.05, 0) is 43.9 Å². The fourth-order valence-corrected chi connectivity index (χ4v) is 3.76. The van der Waals surface area contributed by atoms with Crippen molar-refractivity contribution < 1.29 is 33.9 Å². The molecule has 2 rings (SSSR count). The Morgan fingerprint density at radius 3 is 2.57 bits per heavy atom. The molecule has 2 unspecified atom stereocenters. The second kappa shape index (κ2) is 12.6. The fraction of sp³-hybridized carbons (Fsp3) is 0.478. The van der Waals surface area contributed by atoms with Crippen molar-refractivity contribution in [1.29, 1.82) is 0 Å². The monoisotopic (exact) mass is 489 g/mol. The number of carboxylic acids is 1. The Hall–Kier alpha value is -3.80. The number of carbonyl (C=O) groups excluding carboxylic acids is 5. The van der Waals surface area contributed by atoms with Gasteiger partial charge in [0.1, 0.15) is 12.3 Å². The van der Waals surface area contributed by atoms with Gasteiger partial charge in [0.2, 0.25) is 18.2 Å². The van der Waals surface area contributed by atoms with Crippen LogP contribution >= 0.6 is 0 Å². The normalized spacial score (nSPS) is 16.4. The summed E-state index contributed by atoms with van der Waals surface area (Å²) in [6, 6.07) is 3.11. The Morgan fingerprint density at radius 2 is 1.94 bits per heavy atom. The molecular formula is C23H31N5O7. The van der Waals surface area contributed by atoms with Crippen LogP contribution in [0.2, 0.25) is 0 Å². The number of aldehydes is 1. The smallest absolute Gasteiger partial charge is 0.305 e. The Labute approximate surface area is 203 Å². The molecule has 1 aliphatic rings. The number of aliphatic carboxylic acids is 1. The highest BCUT2D eigenvalue weighted by Crippen LogP contribution is 2.18. The Morgan fingerprint density at radius 1 is 1.23 bits per heavy atom. The van der Waals surface area contributed by atoms with Gasteiger partial charge in [0, 0.05) is 32.1 Å². The number of nitrogens with zero attached hydrogens (tertiary/aromatic N) is 3.